The van der Waals surface area contributed by atoms with Crippen LogP contribution in [0, 0.1) is 0 Å². The van der Waals surface area contributed by atoms with Crippen molar-refractivity contribution >= 4 is 0 Å². The van der Waals surface area contributed by atoms with E-state index in [1.807, 2.05) is 6.33 Å². The number of piperidine rings is 1. The van der Waals surface area contributed by atoms with Gasteiger partial charge in [-0.2, -0.15) is 5.10 Å². The molecule has 0 spiro atoms. The quantitative estimate of drug-likeness (QED) is 0.728. The molecule has 0 amide bonds. The molecule has 1 aliphatic heterocycles. The molecular weight excluding hydrogens is 338 g/mol. The maximum absolute atomic E-state index is 5.18. The zero-order valence-corrected chi connectivity index (χ0v) is 16.1. The van der Waals surface area contributed by atoms with Gasteiger partial charge in [-0.05, 0) is 39.0 Å². The smallest absolute Gasteiger partial charge is 0.0959 e. The maximum Gasteiger partial charge on any atom is 0.0959 e. The van der Waals surface area contributed by atoms with Crippen LogP contribution in [0.4, 0.5) is 0 Å². The predicted octanol–water partition coefficient (Wildman–Crippen LogP) is 3.28. The van der Waals surface area contributed by atoms with Gasteiger partial charge in [0.1, 0.15) is 0 Å². The number of benzene rings is 1. The van der Waals surface area contributed by atoms with Crippen LogP contribution in [0.1, 0.15) is 35.8 Å². The molecule has 1 fully saturated rings. The topological polar surface area (TPSA) is 59.0 Å². The number of likely N-dealkylation sites (tertiary alicyclic amines) is 1. The Labute approximate surface area is 160 Å². The van der Waals surface area contributed by atoms with Gasteiger partial charge in [-0.25, -0.2) is 4.98 Å². The number of ether oxygens (including phenoxy) is 1. The molecule has 6 nitrogen and oxygen atoms in total. The highest BCUT2D eigenvalue weighted by Gasteiger charge is 2.25. The molecule has 3 aromatic rings. The van der Waals surface area contributed by atoms with Crippen LogP contribution in [0.3, 0.4) is 0 Å². The fourth-order valence-electron chi connectivity index (χ4n) is 3.94. The minimum Gasteiger partial charge on any atom is -0.378 e. The molecule has 0 aliphatic carbocycles. The molecule has 1 aromatic carbocycles. The summed E-state index contributed by atoms with van der Waals surface area (Å²) >= 11 is 0. The molecule has 1 saturated heterocycles. The second-order valence-corrected chi connectivity index (χ2v) is 7.37. The van der Waals surface area contributed by atoms with E-state index in [-0.39, 0.29) is 0 Å². The fourth-order valence-corrected chi connectivity index (χ4v) is 3.94. The van der Waals surface area contributed by atoms with Gasteiger partial charge in [0, 0.05) is 24.3 Å². The molecule has 0 atom stereocenters. The lowest BCUT2D eigenvalue weighted by Gasteiger charge is -2.30. The summed E-state index contributed by atoms with van der Waals surface area (Å²) in [7, 11) is 3.89. The first-order valence-electron chi connectivity index (χ1n) is 9.55. The van der Waals surface area contributed by atoms with Gasteiger partial charge < -0.3 is 14.2 Å². The van der Waals surface area contributed by atoms with Gasteiger partial charge in [-0.3, -0.25) is 5.10 Å². The molecule has 1 aliphatic rings. The molecule has 142 valence electrons. The molecule has 4 rings (SSSR count). The maximum atomic E-state index is 5.18. The normalized spacial score (nSPS) is 16.1. The standard InChI is InChI=1S/C21H27N5O/c1-25-10-8-17(9-11-25)21-20(16-6-4-3-5-7-16)22-15-26(21)13-18-12-19(14-27-2)24-23-18/h3-7,12,15,17H,8-11,13-14H2,1-2H3,(H,23,24). The summed E-state index contributed by atoms with van der Waals surface area (Å²) in [6.45, 7) is 3.54. The number of hydrogen-bond donors (Lipinski definition) is 1. The third kappa shape index (κ3) is 3.96. The Morgan fingerprint density at radius 3 is 2.70 bits per heavy atom. The molecule has 1 N–H and O–H groups in total. The number of rotatable bonds is 6. The van der Waals surface area contributed by atoms with Crippen molar-refractivity contribution in [3.63, 3.8) is 0 Å². The van der Waals surface area contributed by atoms with Gasteiger partial charge in [0.15, 0.2) is 0 Å². The predicted molar refractivity (Wildman–Crippen MR) is 106 cm³/mol. The highest BCUT2D eigenvalue weighted by Crippen LogP contribution is 2.34. The van der Waals surface area contributed by atoms with E-state index in [2.05, 4.69) is 63.1 Å². The Morgan fingerprint density at radius 1 is 1.19 bits per heavy atom. The number of hydrogen-bond acceptors (Lipinski definition) is 4. The third-order valence-electron chi connectivity index (χ3n) is 5.35. The van der Waals surface area contributed by atoms with Crippen LogP contribution in [0.5, 0.6) is 0 Å². The minimum atomic E-state index is 0.525. The van der Waals surface area contributed by atoms with Crippen molar-refractivity contribution in [1.82, 2.24) is 24.6 Å². The van der Waals surface area contributed by atoms with Crippen molar-refractivity contribution in [2.45, 2.75) is 31.9 Å². The van der Waals surface area contributed by atoms with Crippen LogP contribution in [-0.4, -0.2) is 51.9 Å². The second-order valence-electron chi connectivity index (χ2n) is 7.37. The van der Waals surface area contributed by atoms with E-state index in [4.69, 9.17) is 9.72 Å². The number of nitrogens with zero attached hydrogens (tertiary/aromatic N) is 4. The summed E-state index contributed by atoms with van der Waals surface area (Å²) in [5.74, 6) is 0.528. The molecule has 0 bridgehead atoms. The monoisotopic (exact) mass is 365 g/mol. The molecule has 0 saturated carbocycles. The zero-order chi connectivity index (χ0) is 18.6. The van der Waals surface area contributed by atoms with E-state index in [0.717, 1.165) is 36.7 Å². The largest absolute Gasteiger partial charge is 0.378 e. The number of nitrogens with one attached hydrogen (secondary N) is 1. The lowest BCUT2D eigenvalue weighted by molar-refractivity contribution is 0.181. The van der Waals surface area contributed by atoms with Gasteiger partial charge in [-0.15, -0.1) is 0 Å². The average molecular weight is 365 g/mol. The lowest BCUT2D eigenvalue weighted by atomic mass is 9.90. The minimum absolute atomic E-state index is 0.525. The van der Waals surface area contributed by atoms with Crippen LogP contribution < -0.4 is 0 Å². The van der Waals surface area contributed by atoms with E-state index in [0.29, 0.717) is 12.5 Å². The Morgan fingerprint density at radius 2 is 1.96 bits per heavy atom. The Bertz CT molecular complexity index is 862. The van der Waals surface area contributed by atoms with Crippen molar-refractivity contribution in [2.24, 2.45) is 0 Å². The first-order valence-corrected chi connectivity index (χ1v) is 9.55. The van der Waals surface area contributed by atoms with Crippen molar-refractivity contribution in [2.75, 3.05) is 27.2 Å². The molecule has 6 heteroatoms. The molecule has 3 heterocycles. The lowest BCUT2D eigenvalue weighted by Crippen LogP contribution is -2.30. The van der Waals surface area contributed by atoms with Crippen LogP contribution in [-0.2, 0) is 17.9 Å². The average Bonchev–Trinajstić information content (AvgIpc) is 3.31. The van der Waals surface area contributed by atoms with Crippen LogP contribution in [0.25, 0.3) is 11.3 Å². The molecular formula is C21H27N5O. The fraction of sp³-hybridized carbons (Fsp3) is 0.429. The SMILES string of the molecule is COCc1cc(Cn2cnc(-c3ccccc3)c2C2CCN(C)CC2)[nH]n1. The van der Waals surface area contributed by atoms with Gasteiger partial charge in [0.25, 0.3) is 0 Å². The number of aromatic amines is 1. The van der Waals surface area contributed by atoms with Crippen LogP contribution in [0.2, 0.25) is 0 Å². The Hall–Kier alpha value is -2.44. The highest BCUT2D eigenvalue weighted by atomic mass is 16.5. The van der Waals surface area contributed by atoms with Gasteiger partial charge in [0.05, 0.1) is 36.6 Å². The van der Waals surface area contributed by atoms with Crippen molar-refractivity contribution in [3.05, 3.63) is 59.8 Å². The first-order chi connectivity index (χ1) is 13.2. The van der Waals surface area contributed by atoms with E-state index < -0.39 is 0 Å². The van der Waals surface area contributed by atoms with Crippen molar-refractivity contribution in [3.8, 4) is 11.3 Å². The number of imidazole rings is 1. The summed E-state index contributed by atoms with van der Waals surface area (Å²) in [5, 5.41) is 7.47. The molecule has 27 heavy (non-hydrogen) atoms. The summed E-state index contributed by atoms with van der Waals surface area (Å²) < 4.78 is 7.47. The summed E-state index contributed by atoms with van der Waals surface area (Å²) in [5.41, 5.74) is 5.65. The van der Waals surface area contributed by atoms with E-state index in [1.165, 1.54) is 24.1 Å². The van der Waals surface area contributed by atoms with Gasteiger partial charge in [0.2, 0.25) is 0 Å². The van der Waals surface area contributed by atoms with Gasteiger partial charge >= 0.3 is 0 Å². The number of H-pyrrole nitrogens is 1. The highest BCUT2D eigenvalue weighted by molar-refractivity contribution is 5.62. The number of methoxy groups -OCH3 is 1. The molecule has 0 unspecified atom stereocenters. The summed E-state index contributed by atoms with van der Waals surface area (Å²) in [6.07, 6.45) is 4.31. The van der Waals surface area contributed by atoms with E-state index in [9.17, 15) is 0 Å². The van der Waals surface area contributed by atoms with Crippen LogP contribution >= 0.6 is 0 Å². The van der Waals surface area contributed by atoms with Crippen molar-refractivity contribution in [1.29, 1.82) is 0 Å². The molecule has 0 radical (unpaired) electrons. The Balaban J connectivity index is 1.67. The Kier molecular flexibility index (Phi) is 5.36. The molecule has 2 aromatic heterocycles. The van der Waals surface area contributed by atoms with Crippen LogP contribution in [0.15, 0.2) is 42.7 Å². The first kappa shape index (κ1) is 17.9. The van der Waals surface area contributed by atoms with Crippen molar-refractivity contribution < 1.29 is 4.74 Å². The van der Waals surface area contributed by atoms with Gasteiger partial charge in [-0.1, -0.05) is 30.3 Å². The summed E-state index contributed by atoms with van der Waals surface area (Å²) in [6, 6.07) is 12.6. The zero-order valence-electron chi connectivity index (χ0n) is 16.1. The second kappa shape index (κ2) is 8.06. The van der Waals surface area contributed by atoms with E-state index >= 15 is 0 Å². The van der Waals surface area contributed by atoms with E-state index in [1.54, 1.807) is 7.11 Å². The third-order valence-corrected chi connectivity index (χ3v) is 5.35. The number of aromatic nitrogens is 4. The summed E-state index contributed by atoms with van der Waals surface area (Å²) in [4.78, 5) is 7.22.